The van der Waals surface area contributed by atoms with E-state index in [0.717, 1.165) is 18.4 Å². The molecule has 0 amide bonds. The minimum Gasteiger partial charge on any atom is -0.466 e. The van der Waals surface area contributed by atoms with E-state index in [0.29, 0.717) is 12.3 Å². The number of epoxide rings is 1. The lowest BCUT2D eigenvalue weighted by molar-refractivity contribution is -0.164. The predicted molar refractivity (Wildman–Crippen MR) is 130 cm³/mol. The molecule has 0 aromatic carbocycles. The van der Waals surface area contributed by atoms with E-state index in [1.807, 2.05) is 13.0 Å². The van der Waals surface area contributed by atoms with Gasteiger partial charge in [0.2, 0.25) is 0 Å². The molecule has 8 nitrogen and oxygen atoms in total. The fourth-order valence-electron chi connectivity index (χ4n) is 4.58. The van der Waals surface area contributed by atoms with Crippen molar-refractivity contribution >= 4 is 17.9 Å². The number of rotatable bonds is 13. The molecule has 2 unspecified atom stereocenters. The third kappa shape index (κ3) is 9.61. The molecular weight excluding hydrogens is 452 g/mol. The number of cyclic esters (lactones) is 1. The van der Waals surface area contributed by atoms with Crippen molar-refractivity contribution in [3.8, 4) is 0 Å². The maximum absolute atomic E-state index is 12.5. The van der Waals surface area contributed by atoms with Gasteiger partial charge in [-0.25, -0.2) is 9.59 Å². The maximum Gasteiger partial charge on any atom is 0.331 e. The molecule has 7 atom stereocenters. The van der Waals surface area contributed by atoms with Crippen molar-refractivity contribution in [3.63, 3.8) is 0 Å². The van der Waals surface area contributed by atoms with Gasteiger partial charge < -0.3 is 24.1 Å². The largest absolute Gasteiger partial charge is 0.466 e. The zero-order valence-corrected chi connectivity index (χ0v) is 21.7. The van der Waals surface area contributed by atoms with Crippen molar-refractivity contribution in [1.29, 1.82) is 0 Å². The summed E-state index contributed by atoms with van der Waals surface area (Å²) < 4.78 is 21.8. The van der Waals surface area contributed by atoms with E-state index >= 15 is 0 Å². The summed E-state index contributed by atoms with van der Waals surface area (Å²) in [5.41, 5.74) is 0.679. The molecule has 0 aromatic rings. The lowest BCUT2D eigenvalue weighted by Gasteiger charge is -2.32. The third-order valence-electron chi connectivity index (χ3n) is 6.60. The Balaban J connectivity index is 1.92. The number of carbonyl (C=O) groups is 3. The number of carbonyl (C=O) groups excluding carboxylic acids is 3. The number of hydrogen-bond acceptors (Lipinski definition) is 8. The van der Waals surface area contributed by atoms with Gasteiger partial charge in [0, 0.05) is 31.6 Å². The summed E-state index contributed by atoms with van der Waals surface area (Å²) >= 11 is 0. The van der Waals surface area contributed by atoms with Crippen LogP contribution in [0.3, 0.4) is 0 Å². The Bertz CT molecular complexity index is 844. The number of aliphatic hydroxyl groups excluding tert-OH is 1. The SMILES string of the molecule is CC(=O)OCC[C@@H](/C=C(C)/C=C/C(=O)O[C@@H]1C=CC(=O)O[C@@H]1[C@@H](C)C[C@@H](C)CC1(C)OC1C)CO. The van der Waals surface area contributed by atoms with Gasteiger partial charge in [-0.2, -0.15) is 0 Å². The van der Waals surface area contributed by atoms with Gasteiger partial charge in [-0.15, -0.1) is 0 Å². The molecular formula is C27H40O8. The quantitative estimate of drug-likeness (QED) is 0.136. The molecule has 0 radical (unpaired) electrons. The minimum atomic E-state index is -0.669. The van der Waals surface area contributed by atoms with Crippen LogP contribution in [0.25, 0.3) is 0 Å². The first-order valence-corrected chi connectivity index (χ1v) is 12.3. The summed E-state index contributed by atoms with van der Waals surface area (Å²) in [5.74, 6) is -1.21. The van der Waals surface area contributed by atoms with E-state index in [1.54, 1.807) is 19.1 Å². The molecule has 1 fully saturated rings. The van der Waals surface area contributed by atoms with Crippen molar-refractivity contribution in [1.82, 2.24) is 0 Å². The molecule has 1 N–H and O–H groups in total. The van der Waals surface area contributed by atoms with Crippen LogP contribution in [0.5, 0.6) is 0 Å². The van der Waals surface area contributed by atoms with Gasteiger partial charge in [-0.3, -0.25) is 4.79 Å². The predicted octanol–water partition coefficient (Wildman–Crippen LogP) is 3.67. The van der Waals surface area contributed by atoms with Gasteiger partial charge in [-0.1, -0.05) is 31.6 Å². The number of aliphatic hydroxyl groups is 1. The molecule has 0 bridgehead atoms. The minimum absolute atomic E-state index is 0.0116. The molecule has 2 aliphatic rings. The second-order valence-corrected chi connectivity index (χ2v) is 10.1. The molecule has 2 heterocycles. The molecule has 196 valence electrons. The summed E-state index contributed by atoms with van der Waals surface area (Å²) in [7, 11) is 0. The Morgan fingerprint density at radius 3 is 2.54 bits per heavy atom. The van der Waals surface area contributed by atoms with Crippen LogP contribution < -0.4 is 0 Å². The van der Waals surface area contributed by atoms with Gasteiger partial charge in [-0.05, 0) is 57.9 Å². The third-order valence-corrected chi connectivity index (χ3v) is 6.60. The number of hydrogen-bond donors (Lipinski definition) is 1. The first-order chi connectivity index (χ1) is 16.4. The Labute approximate surface area is 208 Å². The Hall–Kier alpha value is -2.45. The summed E-state index contributed by atoms with van der Waals surface area (Å²) in [4.78, 5) is 35.3. The number of ether oxygens (including phenoxy) is 4. The normalized spacial score (nSPS) is 28.8. The maximum atomic E-state index is 12.5. The van der Waals surface area contributed by atoms with Crippen LogP contribution in [-0.4, -0.2) is 60.1 Å². The standard InChI is InChI=1S/C27H40O8/c1-17(14-22(16-28)11-12-32-21(5)29)7-9-24(30)33-23-8-10-25(31)34-26(23)19(3)13-18(2)15-27(6)20(4)35-27/h7-10,14,18-20,22-23,26,28H,11-13,15-16H2,1-6H3/b9-7+,17-14+/t18-,19+,20?,22+,23-,26-,27?/m1/s1. The summed E-state index contributed by atoms with van der Waals surface area (Å²) in [6, 6.07) is 0. The van der Waals surface area contributed by atoms with E-state index < -0.39 is 24.1 Å². The van der Waals surface area contributed by atoms with E-state index in [1.165, 1.54) is 19.1 Å². The van der Waals surface area contributed by atoms with Crippen molar-refractivity contribution in [3.05, 3.63) is 36.0 Å². The monoisotopic (exact) mass is 492 g/mol. The lowest BCUT2D eigenvalue weighted by atomic mass is 9.84. The fraction of sp³-hybridized carbons (Fsp3) is 0.667. The highest BCUT2D eigenvalue weighted by Crippen LogP contribution is 2.42. The van der Waals surface area contributed by atoms with Crippen LogP contribution >= 0.6 is 0 Å². The number of allylic oxidation sites excluding steroid dienone is 2. The Morgan fingerprint density at radius 1 is 1.26 bits per heavy atom. The fourth-order valence-corrected chi connectivity index (χ4v) is 4.58. The van der Waals surface area contributed by atoms with Gasteiger partial charge in [0.25, 0.3) is 0 Å². The van der Waals surface area contributed by atoms with Crippen molar-refractivity contribution in [2.45, 2.75) is 84.7 Å². The second-order valence-electron chi connectivity index (χ2n) is 10.1. The van der Waals surface area contributed by atoms with Crippen LogP contribution in [0, 0.1) is 17.8 Å². The van der Waals surface area contributed by atoms with Gasteiger partial charge in [0.1, 0.15) is 6.10 Å². The van der Waals surface area contributed by atoms with Crippen LogP contribution in [0.4, 0.5) is 0 Å². The first-order valence-electron chi connectivity index (χ1n) is 12.3. The van der Waals surface area contributed by atoms with Crippen molar-refractivity contribution < 1.29 is 38.4 Å². The first kappa shape index (κ1) is 28.8. The highest BCUT2D eigenvalue weighted by molar-refractivity contribution is 5.85. The highest BCUT2D eigenvalue weighted by Gasteiger charge is 2.49. The summed E-state index contributed by atoms with van der Waals surface area (Å²) in [6.07, 6.45) is 8.83. The molecule has 35 heavy (non-hydrogen) atoms. The average molecular weight is 493 g/mol. The molecule has 2 rings (SSSR count). The van der Waals surface area contributed by atoms with Crippen LogP contribution in [0.1, 0.15) is 60.8 Å². The van der Waals surface area contributed by atoms with E-state index in [-0.39, 0.29) is 42.7 Å². The number of esters is 3. The summed E-state index contributed by atoms with van der Waals surface area (Å²) in [6.45, 7) is 11.6. The average Bonchev–Trinajstić information content (AvgIpc) is 3.36. The zero-order valence-electron chi connectivity index (χ0n) is 21.7. The topological polar surface area (TPSA) is 112 Å². The summed E-state index contributed by atoms with van der Waals surface area (Å²) in [5, 5.41) is 9.52. The van der Waals surface area contributed by atoms with Gasteiger partial charge in [0.05, 0.1) is 18.3 Å². The molecule has 1 saturated heterocycles. The van der Waals surface area contributed by atoms with Crippen LogP contribution in [0.15, 0.2) is 36.0 Å². The van der Waals surface area contributed by atoms with E-state index in [9.17, 15) is 19.5 Å². The van der Waals surface area contributed by atoms with Crippen molar-refractivity contribution in [2.75, 3.05) is 13.2 Å². The van der Waals surface area contributed by atoms with Crippen LogP contribution in [-0.2, 0) is 33.3 Å². The Kier molecular flexibility index (Phi) is 10.7. The van der Waals surface area contributed by atoms with Crippen LogP contribution in [0.2, 0.25) is 0 Å². The van der Waals surface area contributed by atoms with Gasteiger partial charge >= 0.3 is 17.9 Å². The Morgan fingerprint density at radius 2 is 1.94 bits per heavy atom. The smallest absolute Gasteiger partial charge is 0.331 e. The van der Waals surface area contributed by atoms with E-state index in [4.69, 9.17) is 18.9 Å². The highest BCUT2D eigenvalue weighted by atomic mass is 16.6. The van der Waals surface area contributed by atoms with Crippen molar-refractivity contribution in [2.24, 2.45) is 17.8 Å². The molecule has 0 aliphatic carbocycles. The lowest BCUT2D eigenvalue weighted by Crippen LogP contribution is -2.41. The zero-order chi connectivity index (χ0) is 26.2. The van der Waals surface area contributed by atoms with Gasteiger partial charge in [0.15, 0.2) is 6.10 Å². The molecule has 2 aliphatic heterocycles. The second kappa shape index (κ2) is 13.0. The molecule has 0 saturated carbocycles. The molecule has 0 spiro atoms. The van der Waals surface area contributed by atoms with E-state index in [2.05, 4.69) is 20.8 Å². The molecule has 0 aromatic heterocycles. The molecule has 8 heteroatoms.